The van der Waals surface area contributed by atoms with Gasteiger partial charge < -0.3 is 10.5 Å². The number of hydrogen-bond donors (Lipinski definition) is 1. The number of halogens is 3. The molecule has 21 heavy (non-hydrogen) atoms. The van der Waals surface area contributed by atoms with Crippen molar-refractivity contribution in [2.45, 2.75) is 25.8 Å². The number of nitrogens with two attached hydrogens (primary N) is 1. The molecule has 5 heteroatoms. The summed E-state index contributed by atoms with van der Waals surface area (Å²) in [6.45, 7) is 2.04. The molecule has 0 aliphatic heterocycles. The predicted molar refractivity (Wildman–Crippen MR) is 82.5 cm³/mol. The van der Waals surface area contributed by atoms with Crippen molar-refractivity contribution in [3.05, 3.63) is 58.1 Å². The van der Waals surface area contributed by atoms with E-state index in [9.17, 15) is 8.78 Å². The van der Waals surface area contributed by atoms with Gasteiger partial charge in [-0.15, -0.1) is 0 Å². The summed E-state index contributed by atoms with van der Waals surface area (Å²) in [6, 6.07) is 8.69. The van der Waals surface area contributed by atoms with Gasteiger partial charge in [-0.25, -0.2) is 8.78 Å². The van der Waals surface area contributed by atoms with Gasteiger partial charge >= 0.3 is 0 Å². The molecule has 0 aliphatic rings. The first-order valence-corrected chi connectivity index (χ1v) is 7.45. The van der Waals surface area contributed by atoms with Gasteiger partial charge in [-0.3, -0.25) is 0 Å². The first-order valence-electron chi connectivity index (χ1n) is 6.66. The molecule has 0 heterocycles. The van der Waals surface area contributed by atoms with Gasteiger partial charge in [0.05, 0.1) is 0 Å². The van der Waals surface area contributed by atoms with Crippen LogP contribution in [0.1, 0.15) is 18.9 Å². The van der Waals surface area contributed by atoms with E-state index >= 15 is 0 Å². The second kappa shape index (κ2) is 7.00. The van der Waals surface area contributed by atoms with E-state index in [-0.39, 0.29) is 11.8 Å². The Labute approximate surface area is 131 Å². The highest BCUT2D eigenvalue weighted by molar-refractivity contribution is 9.10. The Kier molecular flexibility index (Phi) is 5.31. The minimum atomic E-state index is -0.733. The van der Waals surface area contributed by atoms with Crippen molar-refractivity contribution >= 4 is 15.9 Å². The summed E-state index contributed by atoms with van der Waals surface area (Å²) in [6.07, 6.45) is 1.65. The molecule has 0 aromatic heterocycles. The standard InChI is InChI=1S/C16H16BrF2NO/c1-2-12(20)7-10-3-5-13(9-14(10)17)21-16-6-4-11(18)8-15(16)19/h3-6,8-9,12H,2,7,20H2,1H3. The van der Waals surface area contributed by atoms with E-state index in [1.165, 1.54) is 6.07 Å². The fourth-order valence-corrected chi connectivity index (χ4v) is 2.39. The van der Waals surface area contributed by atoms with E-state index in [4.69, 9.17) is 10.5 Å². The molecule has 2 aromatic rings. The predicted octanol–water partition coefficient (Wildman–Crippen LogP) is 4.80. The van der Waals surface area contributed by atoms with Crippen LogP contribution < -0.4 is 10.5 Å². The number of rotatable bonds is 5. The van der Waals surface area contributed by atoms with Crippen molar-refractivity contribution in [1.29, 1.82) is 0 Å². The third kappa shape index (κ3) is 4.25. The second-order valence-electron chi connectivity index (χ2n) is 4.80. The van der Waals surface area contributed by atoms with Crippen molar-refractivity contribution in [3.8, 4) is 11.5 Å². The number of ether oxygens (including phenoxy) is 1. The highest BCUT2D eigenvalue weighted by Crippen LogP contribution is 2.29. The maximum absolute atomic E-state index is 13.5. The summed E-state index contributed by atoms with van der Waals surface area (Å²) in [5.41, 5.74) is 7.00. The normalized spacial score (nSPS) is 12.2. The molecule has 0 aliphatic carbocycles. The molecule has 1 atom stereocenters. The summed E-state index contributed by atoms with van der Waals surface area (Å²) >= 11 is 3.46. The molecule has 0 amide bonds. The van der Waals surface area contributed by atoms with Gasteiger partial charge in [-0.05, 0) is 42.7 Å². The zero-order chi connectivity index (χ0) is 15.4. The molecular formula is C16H16BrF2NO. The molecule has 0 bridgehead atoms. The van der Waals surface area contributed by atoms with Crippen LogP contribution in [-0.4, -0.2) is 6.04 Å². The van der Waals surface area contributed by atoms with Crippen LogP contribution in [0.5, 0.6) is 11.5 Å². The lowest BCUT2D eigenvalue weighted by Gasteiger charge is -2.12. The maximum Gasteiger partial charge on any atom is 0.168 e. The van der Waals surface area contributed by atoms with Gasteiger partial charge in [0.2, 0.25) is 0 Å². The molecule has 2 rings (SSSR count). The average Bonchev–Trinajstić information content (AvgIpc) is 2.44. The minimum Gasteiger partial charge on any atom is -0.454 e. The number of benzene rings is 2. The highest BCUT2D eigenvalue weighted by Gasteiger charge is 2.09. The van der Waals surface area contributed by atoms with Crippen molar-refractivity contribution in [2.24, 2.45) is 5.73 Å². The van der Waals surface area contributed by atoms with E-state index in [1.54, 1.807) is 12.1 Å². The highest BCUT2D eigenvalue weighted by atomic mass is 79.9. The third-order valence-corrected chi connectivity index (χ3v) is 3.89. The summed E-state index contributed by atoms with van der Waals surface area (Å²) in [5, 5.41) is 0. The van der Waals surface area contributed by atoms with Gasteiger partial charge in [0.15, 0.2) is 11.6 Å². The van der Waals surface area contributed by atoms with Crippen molar-refractivity contribution in [3.63, 3.8) is 0 Å². The molecule has 0 fully saturated rings. The summed E-state index contributed by atoms with van der Waals surface area (Å²) < 4.78 is 32.7. The van der Waals surface area contributed by atoms with Crippen LogP contribution in [0.25, 0.3) is 0 Å². The molecule has 0 radical (unpaired) electrons. The monoisotopic (exact) mass is 355 g/mol. The van der Waals surface area contributed by atoms with Gasteiger partial charge in [-0.2, -0.15) is 0 Å². The van der Waals surface area contributed by atoms with E-state index in [2.05, 4.69) is 15.9 Å². The summed E-state index contributed by atoms with van der Waals surface area (Å²) in [5.74, 6) is -0.907. The Morgan fingerprint density at radius 2 is 1.95 bits per heavy atom. The fraction of sp³-hybridized carbons (Fsp3) is 0.250. The van der Waals surface area contributed by atoms with Crippen LogP contribution >= 0.6 is 15.9 Å². The average molecular weight is 356 g/mol. The second-order valence-corrected chi connectivity index (χ2v) is 5.66. The van der Waals surface area contributed by atoms with E-state index < -0.39 is 11.6 Å². The Bertz CT molecular complexity index is 634. The zero-order valence-electron chi connectivity index (χ0n) is 11.6. The lowest BCUT2D eigenvalue weighted by molar-refractivity contribution is 0.437. The largest absolute Gasteiger partial charge is 0.454 e. The van der Waals surface area contributed by atoms with Gasteiger partial charge in [0.1, 0.15) is 11.6 Å². The molecule has 0 spiro atoms. The topological polar surface area (TPSA) is 35.2 Å². The van der Waals surface area contributed by atoms with E-state index in [0.717, 1.165) is 35.0 Å². The third-order valence-electron chi connectivity index (χ3n) is 3.15. The van der Waals surface area contributed by atoms with Crippen LogP contribution in [0.3, 0.4) is 0 Å². The summed E-state index contributed by atoms with van der Waals surface area (Å²) in [4.78, 5) is 0. The van der Waals surface area contributed by atoms with E-state index in [0.29, 0.717) is 5.75 Å². The fourth-order valence-electron chi connectivity index (χ4n) is 1.87. The zero-order valence-corrected chi connectivity index (χ0v) is 13.2. The maximum atomic E-state index is 13.5. The van der Waals surface area contributed by atoms with Crippen molar-refractivity contribution in [1.82, 2.24) is 0 Å². The lowest BCUT2D eigenvalue weighted by Crippen LogP contribution is -2.21. The molecule has 0 saturated heterocycles. The molecule has 2 N–H and O–H groups in total. The van der Waals surface area contributed by atoms with E-state index in [1.807, 2.05) is 13.0 Å². The Morgan fingerprint density at radius 1 is 1.19 bits per heavy atom. The van der Waals surface area contributed by atoms with Crippen LogP contribution in [0.2, 0.25) is 0 Å². The first-order chi connectivity index (χ1) is 9.99. The van der Waals surface area contributed by atoms with Gasteiger partial charge in [0.25, 0.3) is 0 Å². The Balaban J connectivity index is 2.16. The Hall–Kier alpha value is -1.46. The smallest absolute Gasteiger partial charge is 0.168 e. The lowest BCUT2D eigenvalue weighted by atomic mass is 10.0. The summed E-state index contributed by atoms with van der Waals surface area (Å²) in [7, 11) is 0. The molecule has 0 saturated carbocycles. The van der Waals surface area contributed by atoms with Gasteiger partial charge in [0, 0.05) is 16.6 Å². The van der Waals surface area contributed by atoms with Crippen molar-refractivity contribution in [2.75, 3.05) is 0 Å². The first kappa shape index (κ1) is 15.9. The number of hydrogen-bond acceptors (Lipinski definition) is 2. The van der Waals surface area contributed by atoms with Crippen LogP contribution in [0.4, 0.5) is 8.78 Å². The molecule has 112 valence electrons. The van der Waals surface area contributed by atoms with Crippen LogP contribution in [-0.2, 0) is 6.42 Å². The molecule has 2 aromatic carbocycles. The Morgan fingerprint density at radius 3 is 2.57 bits per heavy atom. The van der Waals surface area contributed by atoms with Crippen LogP contribution in [0, 0.1) is 11.6 Å². The molecule has 1 unspecified atom stereocenters. The molecular weight excluding hydrogens is 340 g/mol. The van der Waals surface area contributed by atoms with Gasteiger partial charge in [-0.1, -0.05) is 28.9 Å². The molecule has 2 nitrogen and oxygen atoms in total. The SMILES string of the molecule is CCC(N)Cc1ccc(Oc2ccc(F)cc2F)cc1Br. The minimum absolute atomic E-state index is 0.0127. The quantitative estimate of drug-likeness (QED) is 0.835. The van der Waals surface area contributed by atoms with Crippen molar-refractivity contribution < 1.29 is 13.5 Å². The van der Waals surface area contributed by atoms with Crippen LogP contribution in [0.15, 0.2) is 40.9 Å².